The molecule has 1 aliphatic rings. The van der Waals surface area contributed by atoms with Crippen molar-refractivity contribution >= 4 is 24.0 Å². The fraction of sp³-hybridized carbons (Fsp3) is 0.350. The number of para-hydroxylation sites is 2. The number of carbonyl (C=O) groups excluding carboxylic acids is 1. The van der Waals surface area contributed by atoms with Crippen LogP contribution in [0.1, 0.15) is 5.56 Å². The van der Waals surface area contributed by atoms with Crippen LogP contribution in [0.15, 0.2) is 54.6 Å². The summed E-state index contributed by atoms with van der Waals surface area (Å²) in [5.74, 6) is 0.895. The van der Waals surface area contributed by atoms with Gasteiger partial charge in [-0.15, -0.1) is 12.4 Å². The van der Waals surface area contributed by atoms with Gasteiger partial charge in [0.1, 0.15) is 5.75 Å². The van der Waals surface area contributed by atoms with E-state index in [0.29, 0.717) is 19.5 Å². The van der Waals surface area contributed by atoms with Crippen molar-refractivity contribution < 1.29 is 9.53 Å². The number of anilines is 1. The zero-order valence-electron chi connectivity index (χ0n) is 15.0. The number of piperazine rings is 1. The van der Waals surface area contributed by atoms with E-state index in [1.54, 1.807) is 7.11 Å². The Morgan fingerprint density at radius 2 is 1.65 bits per heavy atom. The maximum atomic E-state index is 12.6. The number of nitrogens with zero attached hydrogens (tertiary/aromatic N) is 2. The van der Waals surface area contributed by atoms with Crippen LogP contribution in [0.3, 0.4) is 0 Å². The first-order valence-electron chi connectivity index (χ1n) is 8.65. The summed E-state index contributed by atoms with van der Waals surface area (Å²) in [4.78, 5) is 16.8. The third kappa shape index (κ3) is 4.68. The monoisotopic (exact) mass is 375 g/mol. The molecule has 0 aromatic heterocycles. The number of nitrogens with two attached hydrogens (primary N) is 1. The Bertz CT molecular complexity index is 703. The first-order valence-corrected chi connectivity index (χ1v) is 8.65. The van der Waals surface area contributed by atoms with E-state index in [2.05, 4.69) is 11.0 Å². The zero-order valence-corrected chi connectivity index (χ0v) is 15.8. The molecule has 1 fully saturated rings. The van der Waals surface area contributed by atoms with Gasteiger partial charge in [0.15, 0.2) is 0 Å². The molecule has 1 heterocycles. The van der Waals surface area contributed by atoms with Crippen LogP contribution in [0.25, 0.3) is 0 Å². The van der Waals surface area contributed by atoms with Crippen molar-refractivity contribution in [3.05, 3.63) is 60.2 Å². The summed E-state index contributed by atoms with van der Waals surface area (Å²) in [6, 6.07) is 17.4. The van der Waals surface area contributed by atoms with Gasteiger partial charge in [0, 0.05) is 26.2 Å². The lowest BCUT2D eigenvalue weighted by Gasteiger charge is -2.37. The number of amides is 1. The second kappa shape index (κ2) is 9.46. The first kappa shape index (κ1) is 20.1. The van der Waals surface area contributed by atoms with Crippen LogP contribution in [0, 0.1) is 0 Å². The number of hydrogen-bond donors (Lipinski definition) is 1. The number of methoxy groups -OCH3 is 1. The maximum absolute atomic E-state index is 12.6. The number of ether oxygens (including phenoxy) is 1. The van der Waals surface area contributed by atoms with Crippen molar-refractivity contribution in [2.24, 2.45) is 5.73 Å². The molecule has 1 saturated heterocycles. The largest absolute Gasteiger partial charge is 0.495 e. The van der Waals surface area contributed by atoms with Crippen LogP contribution in [0.2, 0.25) is 0 Å². The van der Waals surface area contributed by atoms with Gasteiger partial charge < -0.3 is 20.3 Å². The molecular weight excluding hydrogens is 350 g/mol. The molecule has 1 amide bonds. The standard InChI is InChI=1S/C20H25N3O2.ClH/c1-25-19-10-6-5-9-18(19)22-11-13-23(14-12-22)20(24)17(21)15-16-7-3-2-4-8-16;/h2-10,17H,11-15,21H2,1H3;1H/t17-;/m1./s1. The van der Waals surface area contributed by atoms with E-state index in [1.165, 1.54) is 0 Å². The lowest BCUT2D eigenvalue weighted by atomic mass is 10.1. The predicted molar refractivity (Wildman–Crippen MR) is 107 cm³/mol. The number of rotatable bonds is 5. The highest BCUT2D eigenvalue weighted by Crippen LogP contribution is 2.28. The van der Waals surface area contributed by atoms with Gasteiger partial charge in [0.05, 0.1) is 18.8 Å². The van der Waals surface area contributed by atoms with Crippen LogP contribution in [0.4, 0.5) is 5.69 Å². The Labute approximate surface area is 161 Å². The predicted octanol–water partition coefficient (Wildman–Crippen LogP) is 2.34. The van der Waals surface area contributed by atoms with E-state index in [-0.39, 0.29) is 18.3 Å². The van der Waals surface area contributed by atoms with Crippen molar-refractivity contribution in [3.8, 4) is 5.75 Å². The quantitative estimate of drug-likeness (QED) is 0.871. The molecule has 1 aliphatic heterocycles. The van der Waals surface area contributed by atoms with E-state index in [0.717, 1.165) is 30.1 Å². The van der Waals surface area contributed by atoms with Gasteiger partial charge in [-0.3, -0.25) is 4.79 Å². The van der Waals surface area contributed by atoms with Crippen LogP contribution in [0.5, 0.6) is 5.75 Å². The molecule has 26 heavy (non-hydrogen) atoms. The van der Waals surface area contributed by atoms with Gasteiger partial charge in [-0.2, -0.15) is 0 Å². The Balaban J connectivity index is 0.00000243. The SMILES string of the molecule is COc1ccccc1N1CCN(C(=O)[C@H](N)Cc2ccccc2)CC1.Cl. The minimum atomic E-state index is -0.486. The van der Waals surface area contributed by atoms with Gasteiger partial charge >= 0.3 is 0 Å². The van der Waals surface area contributed by atoms with Crippen LogP contribution in [-0.4, -0.2) is 50.1 Å². The minimum Gasteiger partial charge on any atom is -0.495 e. The number of halogens is 1. The normalized spacial score (nSPS) is 15.2. The summed E-state index contributed by atoms with van der Waals surface area (Å²) in [6.07, 6.45) is 0.576. The van der Waals surface area contributed by atoms with Gasteiger partial charge in [0.2, 0.25) is 5.91 Å². The molecule has 140 valence electrons. The van der Waals surface area contributed by atoms with E-state index in [9.17, 15) is 4.79 Å². The average Bonchev–Trinajstić information content (AvgIpc) is 2.68. The van der Waals surface area contributed by atoms with Crippen LogP contribution < -0.4 is 15.4 Å². The van der Waals surface area contributed by atoms with Gasteiger partial charge in [-0.1, -0.05) is 42.5 Å². The molecule has 0 radical (unpaired) electrons. The molecular formula is C20H26ClN3O2. The minimum absolute atomic E-state index is 0. The molecule has 3 rings (SSSR count). The second-order valence-corrected chi connectivity index (χ2v) is 6.28. The molecule has 2 aromatic rings. The van der Waals surface area contributed by atoms with Crippen molar-refractivity contribution in [3.63, 3.8) is 0 Å². The zero-order chi connectivity index (χ0) is 17.6. The van der Waals surface area contributed by atoms with E-state index < -0.39 is 6.04 Å². The summed E-state index contributed by atoms with van der Waals surface area (Å²) in [5.41, 5.74) is 8.31. The Morgan fingerprint density at radius 3 is 2.31 bits per heavy atom. The fourth-order valence-electron chi connectivity index (χ4n) is 3.25. The maximum Gasteiger partial charge on any atom is 0.239 e. The molecule has 0 spiro atoms. The highest BCUT2D eigenvalue weighted by atomic mass is 35.5. The summed E-state index contributed by atoms with van der Waals surface area (Å²) in [6.45, 7) is 2.92. The third-order valence-corrected chi connectivity index (χ3v) is 4.63. The molecule has 0 bridgehead atoms. The van der Waals surface area contributed by atoms with Gasteiger partial charge in [-0.25, -0.2) is 0 Å². The number of carbonyl (C=O) groups is 1. The number of benzene rings is 2. The highest BCUT2D eigenvalue weighted by Gasteiger charge is 2.26. The molecule has 5 nitrogen and oxygen atoms in total. The molecule has 0 aliphatic carbocycles. The molecule has 6 heteroatoms. The fourth-order valence-corrected chi connectivity index (χ4v) is 3.25. The molecule has 0 saturated carbocycles. The average molecular weight is 376 g/mol. The Morgan fingerprint density at radius 1 is 1.04 bits per heavy atom. The summed E-state index contributed by atoms with van der Waals surface area (Å²) >= 11 is 0. The summed E-state index contributed by atoms with van der Waals surface area (Å²) in [7, 11) is 1.68. The van der Waals surface area contributed by atoms with E-state index in [4.69, 9.17) is 10.5 Å². The number of hydrogen-bond acceptors (Lipinski definition) is 4. The smallest absolute Gasteiger partial charge is 0.239 e. The van der Waals surface area contributed by atoms with Gasteiger partial charge in [-0.05, 0) is 24.1 Å². The van der Waals surface area contributed by atoms with Crippen LogP contribution in [-0.2, 0) is 11.2 Å². The highest BCUT2D eigenvalue weighted by molar-refractivity contribution is 5.85. The second-order valence-electron chi connectivity index (χ2n) is 6.28. The Hall–Kier alpha value is -2.24. The Kier molecular flexibility index (Phi) is 7.30. The molecule has 1 atom stereocenters. The van der Waals surface area contributed by atoms with Crippen molar-refractivity contribution in [2.45, 2.75) is 12.5 Å². The topological polar surface area (TPSA) is 58.8 Å². The van der Waals surface area contributed by atoms with Gasteiger partial charge in [0.25, 0.3) is 0 Å². The third-order valence-electron chi connectivity index (χ3n) is 4.63. The molecule has 0 unspecified atom stereocenters. The molecule has 2 N–H and O–H groups in total. The summed E-state index contributed by atoms with van der Waals surface area (Å²) in [5, 5.41) is 0. The first-order chi connectivity index (χ1) is 12.2. The van der Waals surface area contributed by atoms with Crippen molar-refractivity contribution in [2.75, 3.05) is 38.2 Å². The van der Waals surface area contributed by atoms with Crippen LogP contribution >= 0.6 is 12.4 Å². The van der Waals surface area contributed by atoms with E-state index >= 15 is 0 Å². The molecule has 2 aromatic carbocycles. The lowest BCUT2D eigenvalue weighted by molar-refractivity contribution is -0.132. The lowest BCUT2D eigenvalue weighted by Crippen LogP contribution is -2.53. The van der Waals surface area contributed by atoms with Crippen molar-refractivity contribution in [1.82, 2.24) is 4.90 Å². The van der Waals surface area contributed by atoms with E-state index in [1.807, 2.05) is 53.4 Å². The summed E-state index contributed by atoms with van der Waals surface area (Å²) < 4.78 is 5.44. The van der Waals surface area contributed by atoms with Crippen molar-refractivity contribution in [1.29, 1.82) is 0 Å².